The summed E-state index contributed by atoms with van der Waals surface area (Å²) in [4.78, 5) is 0. The highest BCUT2D eigenvalue weighted by molar-refractivity contribution is 9.09. The van der Waals surface area contributed by atoms with Gasteiger partial charge in [0.1, 0.15) is 6.10 Å². The molecule has 0 saturated heterocycles. The monoisotopic (exact) mass is 224 g/mol. The number of rotatable bonds is 2. The van der Waals surface area contributed by atoms with Gasteiger partial charge in [0, 0.05) is 5.33 Å². The van der Waals surface area contributed by atoms with Gasteiger partial charge in [0.2, 0.25) is 6.17 Å². The second-order valence-electron chi connectivity index (χ2n) is 1.67. The van der Waals surface area contributed by atoms with Crippen LogP contribution >= 0.6 is 15.9 Å². The number of aliphatic hydroxyl groups excluding tert-OH is 1. The average Bonchev–Trinajstić information content (AvgIpc) is 1.83. The molecule has 2 atom stereocenters. The third kappa shape index (κ3) is 2.83. The molecular formula is C4H5BrF4O. The molecule has 0 aromatic heterocycles. The van der Waals surface area contributed by atoms with Crippen LogP contribution in [0.25, 0.3) is 0 Å². The first-order chi connectivity index (χ1) is 4.39. The van der Waals surface area contributed by atoms with E-state index in [2.05, 4.69) is 15.9 Å². The van der Waals surface area contributed by atoms with Crippen molar-refractivity contribution in [3.63, 3.8) is 0 Å². The molecule has 1 nitrogen and oxygen atoms in total. The van der Waals surface area contributed by atoms with E-state index >= 15 is 0 Å². The molecule has 0 amide bonds. The van der Waals surface area contributed by atoms with Crippen LogP contribution in [0.2, 0.25) is 0 Å². The van der Waals surface area contributed by atoms with Crippen LogP contribution < -0.4 is 0 Å². The van der Waals surface area contributed by atoms with Crippen LogP contribution in [-0.4, -0.2) is 28.9 Å². The zero-order valence-electron chi connectivity index (χ0n) is 4.70. The quantitative estimate of drug-likeness (QED) is 0.559. The third-order valence-electron chi connectivity index (χ3n) is 0.809. The van der Waals surface area contributed by atoms with Crippen LogP contribution in [0.3, 0.4) is 0 Å². The fraction of sp³-hybridized carbons (Fsp3) is 1.00. The topological polar surface area (TPSA) is 20.2 Å². The van der Waals surface area contributed by atoms with Crippen molar-refractivity contribution in [2.24, 2.45) is 0 Å². The number of hydrogen-bond acceptors (Lipinski definition) is 1. The van der Waals surface area contributed by atoms with Gasteiger partial charge in [0.05, 0.1) is 0 Å². The van der Waals surface area contributed by atoms with E-state index in [0.717, 1.165) is 0 Å². The molecule has 0 spiro atoms. The normalized spacial score (nSPS) is 18.6. The Morgan fingerprint density at radius 2 is 1.80 bits per heavy atom. The van der Waals surface area contributed by atoms with Gasteiger partial charge in [0.15, 0.2) is 0 Å². The number of hydrogen-bond donors (Lipinski definition) is 1. The van der Waals surface area contributed by atoms with Crippen LogP contribution in [-0.2, 0) is 0 Å². The first kappa shape index (κ1) is 10.2. The highest BCUT2D eigenvalue weighted by Gasteiger charge is 2.44. The zero-order valence-corrected chi connectivity index (χ0v) is 6.28. The lowest BCUT2D eigenvalue weighted by atomic mass is 10.2. The van der Waals surface area contributed by atoms with Gasteiger partial charge in [-0.15, -0.1) is 0 Å². The Morgan fingerprint density at radius 1 is 1.40 bits per heavy atom. The molecule has 0 saturated carbocycles. The largest absolute Gasteiger partial charge is 0.422 e. The van der Waals surface area contributed by atoms with E-state index in [4.69, 9.17) is 5.11 Å². The molecule has 6 heteroatoms. The summed E-state index contributed by atoms with van der Waals surface area (Å²) in [5, 5.41) is 7.90. The molecule has 0 aliphatic carbocycles. The molecule has 1 N–H and O–H groups in total. The summed E-state index contributed by atoms with van der Waals surface area (Å²) < 4.78 is 45.9. The lowest BCUT2D eigenvalue weighted by molar-refractivity contribution is -0.201. The average molecular weight is 225 g/mol. The summed E-state index contributed by atoms with van der Waals surface area (Å²) in [6.07, 6.45) is -10.1. The molecule has 0 heterocycles. The molecule has 0 aliphatic heterocycles. The van der Waals surface area contributed by atoms with Crippen LogP contribution in [0.15, 0.2) is 0 Å². The van der Waals surface area contributed by atoms with E-state index in [9.17, 15) is 17.6 Å². The second-order valence-corrected chi connectivity index (χ2v) is 2.31. The van der Waals surface area contributed by atoms with Crippen molar-refractivity contribution in [2.75, 3.05) is 5.33 Å². The van der Waals surface area contributed by atoms with E-state index in [-0.39, 0.29) is 0 Å². The molecule has 0 bridgehead atoms. The van der Waals surface area contributed by atoms with Crippen LogP contribution in [0, 0.1) is 0 Å². The summed E-state index contributed by atoms with van der Waals surface area (Å²) in [6.45, 7) is 0. The minimum atomic E-state index is -4.97. The van der Waals surface area contributed by atoms with Crippen molar-refractivity contribution < 1.29 is 22.7 Å². The summed E-state index contributed by atoms with van der Waals surface area (Å²) in [7, 11) is 0. The highest BCUT2D eigenvalue weighted by Crippen LogP contribution is 2.25. The summed E-state index contributed by atoms with van der Waals surface area (Å²) in [6, 6.07) is 0. The molecule has 10 heavy (non-hydrogen) atoms. The Kier molecular flexibility index (Phi) is 3.58. The summed E-state index contributed by atoms with van der Waals surface area (Å²) in [5.74, 6) is 0. The molecule has 62 valence electrons. The Morgan fingerprint density at radius 3 is 1.90 bits per heavy atom. The van der Waals surface area contributed by atoms with E-state index in [1.807, 2.05) is 0 Å². The van der Waals surface area contributed by atoms with Gasteiger partial charge in [0.25, 0.3) is 0 Å². The molecule has 0 aliphatic rings. The molecular weight excluding hydrogens is 220 g/mol. The molecule has 0 aromatic carbocycles. The predicted molar refractivity (Wildman–Crippen MR) is 30.8 cm³/mol. The van der Waals surface area contributed by atoms with Crippen molar-refractivity contribution in [1.82, 2.24) is 0 Å². The van der Waals surface area contributed by atoms with Gasteiger partial charge in [-0.2, -0.15) is 13.2 Å². The second kappa shape index (κ2) is 3.52. The minimum Gasteiger partial charge on any atom is -0.389 e. The molecule has 0 fully saturated rings. The van der Waals surface area contributed by atoms with Gasteiger partial charge in [-0.3, -0.25) is 0 Å². The van der Waals surface area contributed by atoms with Crippen LogP contribution in [0.1, 0.15) is 0 Å². The van der Waals surface area contributed by atoms with Crippen molar-refractivity contribution in [3.05, 3.63) is 0 Å². The Bertz CT molecular complexity index is 104. The Hall–Kier alpha value is 0.160. The van der Waals surface area contributed by atoms with E-state index in [1.165, 1.54) is 0 Å². The molecule has 0 rings (SSSR count). The SMILES string of the molecule is OC(CBr)C(F)C(F)(F)F. The maximum absolute atomic E-state index is 11.9. The smallest absolute Gasteiger partial charge is 0.389 e. The zero-order chi connectivity index (χ0) is 8.36. The van der Waals surface area contributed by atoms with E-state index in [0.29, 0.717) is 0 Å². The van der Waals surface area contributed by atoms with E-state index in [1.54, 1.807) is 0 Å². The number of alkyl halides is 5. The summed E-state index contributed by atoms with van der Waals surface area (Å²) in [5.41, 5.74) is 0. The maximum Gasteiger partial charge on any atom is 0.422 e. The first-order valence-corrected chi connectivity index (χ1v) is 3.46. The lowest BCUT2D eigenvalue weighted by Gasteiger charge is -2.15. The first-order valence-electron chi connectivity index (χ1n) is 2.34. The lowest BCUT2D eigenvalue weighted by Crippen LogP contribution is -2.36. The van der Waals surface area contributed by atoms with Gasteiger partial charge in [-0.05, 0) is 0 Å². The Balaban J connectivity index is 3.94. The predicted octanol–water partition coefficient (Wildman–Crippen LogP) is 1.64. The minimum absolute atomic E-state index is 0.423. The third-order valence-corrected chi connectivity index (χ3v) is 1.47. The van der Waals surface area contributed by atoms with Crippen LogP contribution in [0.5, 0.6) is 0 Å². The van der Waals surface area contributed by atoms with Crippen molar-refractivity contribution >= 4 is 15.9 Å². The number of aliphatic hydroxyl groups is 1. The summed E-state index contributed by atoms with van der Waals surface area (Å²) >= 11 is 2.52. The van der Waals surface area contributed by atoms with Crippen molar-refractivity contribution in [2.45, 2.75) is 18.5 Å². The van der Waals surface area contributed by atoms with Crippen molar-refractivity contribution in [3.8, 4) is 0 Å². The van der Waals surface area contributed by atoms with Gasteiger partial charge < -0.3 is 5.11 Å². The van der Waals surface area contributed by atoms with E-state index < -0.39 is 23.8 Å². The highest BCUT2D eigenvalue weighted by atomic mass is 79.9. The van der Waals surface area contributed by atoms with Crippen molar-refractivity contribution in [1.29, 1.82) is 0 Å². The standard InChI is InChI=1S/C4H5BrF4O/c5-1-2(10)3(6)4(7,8)9/h2-3,10H,1H2. The van der Waals surface area contributed by atoms with Crippen LogP contribution in [0.4, 0.5) is 17.6 Å². The molecule has 0 aromatic rings. The van der Waals surface area contributed by atoms with Gasteiger partial charge in [-0.1, -0.05) is 15.9 Å². The maximum atomic E-state index is 11.9. The van der Waals surface area contributed by atoms with Gasteiger partial charge in [-0.25, -0.2) is 4.39 Å². The van der Waals surface area contributed by atoms with Gasteiger partial charge >= 0.3 is 6.18 Å². The molecule has 0 radical (unpaired) electrons. The molecule has 2 unspecified atom stereocenters. The number of halogens is 5. The Labute approximate surface area is 63.2 Å². The fourth-order valence-electron chi connectivity index (χ4n) is 0.296. The fourth-order valence-corrected chi connectivity index (χ4v) is 0.625.